The first kappa shape index (κ1) is 15.0. The summed E-state index contributed by atoms with van der Waals surface area (Å²) in [7, 11) is 1.69. The molecule has 2 amide bonds. The molecule has 5 nitrogen and oxygen atoms in total. The molecule has 0 saturated carbocycles. The van der Waals surface area contributed by atoms with Crippen molar-refractivity contribution < 1.29 is 4.79 Å². The Labute approximate surface area is 134 Å². The Morgan fingerprint density at radius 2 is 1.83 bits per heavy atom. The third-order valence-electron chi connectivity index (χ3n) is 3.74. The fraction of sp³-hybridized carbons (Fsp3) is 0.167. The zero-order valence-corrected chi connectivity index (χ0v) is 12.9. The van der Waals surface area contributed by atoms with E-state index in [2.05, 4.69) is 21.3 Å². The minimum Gasteiger partial charge on any atom is -0.361 e. The minimum absolute atomic E-state index is 0.366. The van der Waals surface area contributed by atoms with E-state index in [4.69, 9.17) is 0 Å². The summed E-state index contributed by atoms with van der Waals surface area (Å²) in [5, 5.41) is 8.99. The maximum atomic E-state index is 12.0. The van der Waals surface area contributed by atoms with Crippen LogP contribution in [0.3, 0.4) is 0 Å². The number of amides is 2. The van der Waals surface area contributed by atoms with Crippen molar-refractivity contribution in [2.45, 2.75) is 6.42 Å². The lowest BCUT2D eigenvalue weighted by Crippen LogP contribution is -2.22. The molecule has 3 rings (SSSR count). The second-order valence-electron chi connectivity index (χ2n) is 5.25. The Kier molecular flexibility index (Phi) is 4.47. The molecule has 23 heavy (non-hydrogen) atoms. The molecule has 2 aromatic carbocycles. The van der Waals surface area contributed by atoms with Crippen molar-refractivity contribution in [3.05, 3.63) is 66.4 Å². The highest BCUT2D eigenvalue weighted by Gasteiger charge is 2.08. The van der Waals surface area contributed by atoms with Crippen LogP contribution in [0, 0.1) is 0 Å². The first-order chi connectivity index (χ1) is 11.3. The molecule has 1 heterocycles. The van der Waals surface area contributed by atoms with Gasteiger partial charge in [-0.3, -0.25) is 4.90 Å². The number of nitrogens with zero attached hydrogens (tertiary/aromatic N) is 3. The smallest absolute Gasteiger partial charge is 0.361 e. The summed E-state index contributed by atoms with van der Waals surface area (Å²) in [6.07, 6.45) is 2.73. The molecule has 116 valence electrons. The first-order valence-corrected chi connectivity index (χ1v) is 7.51. The highest BCUT2D eigenvalue weighted by molar-refractivity contribution is 5.91. The Bertz CT molecular complexity index is 823. The highest BCUT2D eigenvalue weighted by Crippen LogP contribution is 2.18. The van der Waals surface area contributed by atoms with Gasteiger partial charge in [0, 0.05) is 29.8 Å². The summed E-state index contributed by atoms with van der Waals surface area (Å²) in [5.41, 5.74) is 3.09. The number of rotatable bonds is 4. The van der Waals surface area contributed by atoms with Crippen LogP contribution in [0.5, 0.6) is 0 Å². The normalized spacial score (nSPS) is 11.2. The third kappa shape index (κ3) is 3.45. The van der Waals surface area contributed by atoms with E-state index in [1.165, 1.54) is 15.8 Å². The molecule has 5 heteroatoms. The van der Waals surface area contributed by atoms with E-state index in [1.807, 2.05) is 54.7 Å². The number of hydrogen-bond donors (Lipinski definition) is 1. The van der Waals surface area contributed by atoms with Crippen molar-refractivity contribution in [1.82, 2.24) is 4.98 Å². The van der Waals surface area contributed by atoms with Crippen molar-refractivity contribution in [2.24, 2.45) is 10.2 Å². The number of aromatic amines is 1. The summed E-state index contributed by atoms with van der Waals surface area (Å²) in [6, 6.07) is 17.2. The van der Waals surface area contributed by atoms with Crippen molar-refractivity contribution in [1.29, 1.82) is 0 Å². The highest BCUT2D eigenvalue weighted by atomic mass is 16.2. The zero-order valence-electron chi connectivity index (χ0n) is 12.9. The average Bonchev–Trinajstić information content (AvgIpc) is 3.02. The van der Waals surface area contributed by atoms with Gasteiger partial charge in [0.1, 0.15) is 0 Å². The molecule has 0 unspecified atom stereocenters. The van der Waals surface area contributed by atoms with E-state index in [1.54, 1.807) is 7.05 Å². The number of urea groups is 1. The van der Waals surface area contributed by atoms with Gasteiger partial charge in [-0.2, -0.15) is 5.11 Å². The summed E-state index contributed by atoms with van der Waals surface area (Å²) in [6.45, 7) is 0.482. The molecule has 0 aliphatic heterocycles. The van der Waals surface area contributed by atoms with Crippen molar-refractivity contribution in [2.75, 3.05) is 18.5 Å². The average molecular weight is 306 g/mol. The summed E-state index contributed by atoms with van der Waals surface area (Å²) >= 11 is 0. The predicted molar refractivity (Wildman–Crippen MR) is 92.0 cm³/mol. The minimum atomic E-state index is -0.366. The number of benzene rings is 2. The number of H-pyrrole nitrogens is 1. The monoisotopic (exact) mass is 306 g/mol. The van der Waals surface area contributed by atoms with Gasteiger partial charge in [0.25, 0.3) is 0 Å². The number of anilines is 1. The molecule has 0 bridgehead atoms. The van der Waals surface area contributed by atoms with Crippen LogP contribution in [0.2, 0.25) is 0 Å². The number of aromatic nitrogens is 1. The summed E-state index contributed by atoms with van der Waals surface area (Å²) in [4.78, 5) is 16.7. The largest absolute Gasteiger partial charge is 0.366 e. The number of hydrogen-bond acceptors (Lipinski definition) is 2. The van der Waals surface area contributed by atoms with Crippen molar-refractivity contribution in [3.63, 3.8) is 0 Å². The summed E-state index contributed by atoms with van der Waals surface area (Å²) < 4.78 is 0. The lowest BCUT2D eigenvalue weighted by molar-refractivity contribution is 0.254. The topological polar surface area (TPSA) is 60.8 Å². The van der Waals surface area contributed by atoms with Crippen LogP contribution < -0.4 is 4.90 Å². The number of azo groups is 1. The zero-order chi connectivity index (χ0) is 16.1. The van der Waals surface area contributed by atoms with E-state index >= 15 is 0 Å². The SMILES string of the molecule is CN(C(=O)N=NCCc1c[nH]c2ccccc12)c1ccccc1. The maximum Gasteiger partial charge on any atom is 0.366 e. The van der Waals surface area contributed by atoms with Crippen LogP contribution in [0.25, 0.3) is 10.9 Å². The van der Waals surface area contributed by atoms with Gasteiger partial charge in [-0.15, -0.1) is 0 Å². The van der Waals surface area contributed by atoms with Gasteiger partial charge >= 0.3 is 6.03 Å². The van der Waals surface area contributed by atoms with Gasteiger partial charge in [0.05, 0.1) is 6.54 Å². The van der Waals surface area contributed by atoms with Crippen LogP contribution in [0.15, 0.2) is 71.0 Å². The van der Waals surface area contributed by atoms with Crippen LogP contribution in [-0.4, -0.2) is 24.6 Å². The van der Waals surface area contributed by atoms with Crippen molar-refractivity contribution >= 4 is 22.6 Å². The quantitative estimate of drug-likeness (QED) is 0.713. The van der Waals surface area contributed by atoms with Crippen LogP contribution in [-0.2, 0) is 6.42 Å². The van der Waals surface area contributed by atoms with Gasteiger partial charge in [0.15, 0.2) is 0 Å². The molecule has 0 atom stereocenters. The van der Waals surface area contributed by atoms with E-state index in [-0.39, 0.29) is 6.03 Å². The molecule has 1 aromatic heterocycles. The van der Waals surface area contributed by atoms with E-state index in [0.717, 1.165) is 17.6 Å². The lowest BCUT2D eigenvalue weighted by atomic mass is 10.1. The molecule has 1 N–H and O–H groups in total. The van der Waals surface area contributed by atoms with E-state index in [0.29, 0.717) is 6.54 Å². The van der Waals surface area contributed by atoms with E-state index in [9.17, 15) is 4.79 Å². The van der Waals surface area contributed by atoms with Gasteiger partial charge in [-0.05, 0) is 30.2 Å². The summed E-state index contributed by atoms with van der Waals surface area (Å²) in [5.74, 6) is 0. The molecule has 0 fully saturated rings. The molecular formula is C18H18N4O. The number of nitrogens with one attached hydrogen (secondary N) is 1. The molecule has 0 aliphatic rings. The van der Waals surface area contributed by atoms with E-state index < -0.39 is 0 Å². The molecule has 0 saturated heterocycles. The number of fused-ring (bicyclic) bond motifs is 1. The Hall–Kier alpha value is -2.95. The molecule has 3 aromatic rings. The third-order valence-corrected chi connectivity index (χ3v) is 3.74. The van der Waals surface area contributed by atoms with Crippen LogP contribution >= 0.6 is 0 Å². The number of carbonyl (C=O) groups excluding carboxylic acids is 1. The van der Waals surface area contributed by atoms with Gasteiger partial charge < -0.3 is 4.98 Å². The fourth-order valence-electron chi connectivity index (χ4n) is 2.45. The van der Waals surface area contributed by atoms with Crippen LogP contribution in [0.1, 0.15) is 5.56 Å². The predicted octanol–water partition coefficient (Wildman–Crippen LogP) is 4.42. The lowest BCUT2D eigenvalue weighted by Gasteiger charge is -2.12. The Morgan fingerprint density at radius 1 is 1.09 bits per heavy atom. The number of carbonyl (C=O) groups is 1. The van der Waals surface area contributed by atoms with Crippen LogP contribution in [0.4, 0.5) is 10.5 Å². The standard InChI is InChI=1S/C18H18N4O/c1-22(15-7-3-2-4-8-15)18(23)21-20-12-11-14-13-19-17-10-6-5-9-16(14)17/h2-10,13,19H,11-12H2,1H3. The van der Waals surface area contributed by atoms with Gasteiger partial charge in [0.2, 0.25) is 0 Å². The molecule has 0 radical (unpaired) electrons. The number of para-hydroxylation sites is 2. The molecular weight excluding hydrogens is 288 g/mol. The second kappa shape index (κ2) is 6.87. The van der Waals surface area contributed by atoms with Gasteiger partial charge in [-0.1, -0.05) is 41.5 Å². The molecule has 0 aliphatic carbocycles. The molecule has 0 spiro atoms. The van der Waals surface area contributed by atoms with Crippen molar-refractivity contribution in [3.8, 4) is 0 Å². The Balaban J connectivity index is 1.58. The maximum absolute atomic E-state index is 12.0. The fourth-order valence-corrected chi connectivity index (χ4v) is 2.45. The second-order valence-corrected chi connectivity index (χ2v) is 5.25. The Morgan fingerprint density at radius 3 is 2.65 bits per heavy atom. The first-order valence-electron chi connectivity index (χ1n) is 7.51. The van der Waals surface area contributed by atoms with Gasteiger partial charge in [-0.25, -0.2) is 4.79 Å².